The standard InChI is InChI=1S/C14H18N4O2/c1-10-12(7-13(20-10)14(19)17-15)9-18(2)8-11-3-5-16-6-4-11/h3-7H,8-9,15H2,1-2H3,(H,17,19). The summed E-state index contributed by atoms with van der Waals surface area (Å²) in [5.41, 5.74) is 4.22. The molecule has 0 aliphatic carbocycles. The quantitative estimate of drug-likeness (QED) is 0.486. The van der Waals surface area contributed by atoms with Gasteiger partial charge < -0.3 is 4.42 Å². The van der Waals surface area contributed by atoms with Crippen LogP contribution in [-0.2, 0) is 13.1 Å². The number of aryl methyl sites for hydroxylation is 1. The number of hydrogen-bond acceptors (Lipinski definition) is 5. The number of nitrogens with two attached hydrogens (primary N) is 1. The minimum Gasteiger partial charge on any atom is -0.456 e. The third kappa shape index (κ3) is 3.43. The van der Waals surface area contributed by atoms with Gasteiger partial charge in [-0.25, -0.2) is 5.84 Å². The van der Waals surface area contributed by atoms with E-state index >= 15 is 0 Å². The second kappa shape index (κ2) is 6.31. The van der Waals surface area contributed by atoms with Gasteiger partial charge in [0.15, 0.2) is 5.76 Å². The Labute approximate surface area is 117 Å². The number of nitrogens with one attached hydrogen (secondary N) is 1. The fraction of sp³-hybridized carbons (Fsp3) is 0.286. The molecule has 2 aromatic rings. The Kier molecular flexibility index (Phi) is 4.49. The molecule has 0 aliphatic rings. The first-order valence-electron chi connectivity index (χ1n) is 6.28. The molecule has 0 atom stereocenters. The number of amides is 1. The summed E-state index contributed by atoms with van der Waals surface area (Å²) in [5, 5.41) is 0. The van der Waals surface area contributed by atoms with Crippen LogP contribution in [0.15, 0.2) is 35.0 Å². The third-order valence-electron chi connectivity index (χ3n) is 3.02. The highest BCUT2D eigenvalue weighted by Gasteiger charge is 2.14. The van der Waals surface area contributed by atoms with Gasteiger partial charge in [-0.05, 0) is 37.7 Å². The molecule has 106 valence electrons. The monoisotopic (exact) mass is 274 g/mol. The Hall–Kier alpha value is -2.18. The molecule has 2 rings (SSSR count). The van der Waals surface area contributed by atoms with Crippen LogP contribution in [0.25, 0.3) is 0 Å². The number of rotatable bonds is 5. The van der Waals surface area contributed by atoms with E-state index in [0.717, 1.165) is 17.9 Å². The van der Waals surface area contributed by atoms with Crippen molar-refractivity contribution in [2.45, 2.75) is 20.0 Å². The molecule has 2 aromatic heterocycles. The average molecular weight is 274 g/mol. The highest BCUT2D eigenvalue weighted by Crippen LogP contribution is 2.17. The molecule has 0 radical (unpaired) electrons. The van der Waals surface area contributed by atoms with Gasteiger partial charge >= 0.3 is 5.91 Å². The van der Waals surface area contributed by atoms with Gasteiger partial charge in [0.25, 0.3) is 0 Å². The molecule has 0 saturated carbocycles. The van der Waals surface area contributed by atoms with Gasteiger partial charge in [0.2, 0.25) is 0 Å². The zero-order valence-corrected chi connectivity index (χ0v) is 11.6. The van der Waals surface area contributed by atoms with Crippen LogP contribution in [0.4, 0.5) is 0 Å². The van der Waals surface area contributed by atoms with Gasteiger partial charge in [0.05, 0.1) is 0 Å². The molecule has 0 spiro atoms. The summed E-state index contributed by atoms with van der Waals surface area (Å²) in [4.78, 5) is 17.5. The number of pyridine rings is 1. The van der Waals surface area contributed by atoms with E-state index in [1.807, 2.05) is 26.1 Å². The summed E-state index contributed by atoms with van der Waals surface area (Å²) in [7, 11) is 2.01. The molecule has 3 N–H and O–H groups in total. The van der Waals surface area contributed by atoms with E-state index in [0.29, 0.717) is 6.54 Å². The highest BCUT2D eigenvalue weighted by molar-refractivity contribution is 5.91. The number of hydrazine groups is 1. The predicted octanol–water partition coefficient (Wildman–Crippen LogP) is 1.22. The lowest BCUT2D eigenvalue weighted by atomic mass is 10.2. The van der Waals surface area contributed by atoms with E-state index in [1.54, 1.807) is 18.5 Å². The summed E-state index contributed by atoms with van der Waals surface area (Å²) in [6.45, 7) is 3.32. The number of hydrogen-bond donors (Lipinski definition) is 2. The summed E-state index contributed by atoms with van der Waals surface area (Å²) in [6, 6.07) is 5.68. The van der Waals surface area contributed by atoms with Crippen LogP contribution >= 0.6 is 0 Å². The highest BCUT2D eigenvalue weighted by atomic mass is 16.4. The number of carbonyl (C=O) groups is 1. The Bertz CT molecular complexity index is 580. The maximum absolute atomic E-state index is 11.4. The van der Waals surface area contributed by atoms with E-state index in [9.17, 15) is 4.79 Å². The fourth-order valence-corrected chi connectivity index (χ4v) is 2.01. The van der Waals surface area contributed by atoms with Crippen molar-refractivity contribution in [2.75, 3.05) is 7.05 Å². The summed E-state index contributed by atoms with van der Waals surface area (Å²) >= 11 is 0. The average Bonchev–Trinajstić information content (AvgIpc) is 2.80. The summed E-state index contributed by atoms with van der Waals surface area (Å²) < 4.78 is 5.39. The van der Waals surface area contributed by atoms with Crippen LogP contribution in [-0.4, -0.2) is 22.8 Å². The maximum atomic E-state index is 11.4. The minimum atomic E-state index is -0.420. The van der Waals surface area contributed by atoms with Gasteiger partial charge in [0, 0.05) is 31.0 Å². The normalized spacial score (nSPS) is 10.8. The molecule has 0 aromatic carbocycles. The van der Waals surface area contributed by atoms with Gasteiger partial charge in [-0.1, -0.05) is 0 Å². The van der Waals surface area contributed by atoms with Crippen molar-refractivity contribution in [1.82, 2.24) is 15.3 Å². The van der Waals surface area contributed by atoms with Crippen molar-refractivity contribution in [2.24, 2.45) is 5.84 Å². The van der Waals surface area contributed by atoms with E-state index in [4.69, 9.17) is 10.3 Å². The topological polar surface area (TPSA) is 84.4 Å². The number of aromatic nitrogens is 1. The molecular formula is C14H18N4O2. The molecule has 1 amide bonds. The third-order valence-corrected chi connectivity index (χ3v) is 3.02. The Morgan fingerprint density at radius 1 is 1.40 bits per heavy atom. The van der Waals surface area contributed by atoms with Crippen molar-refractivity contribution in [3.8, 4) is 0 Å². The molecule has 0 saturated heterocycles. The van der Waals surface area contributed by atoms with Crippen molar-refractivity contribution in [1.29, 1.82) is 0 Å². The van der Waals surface area contributed by atoms with Gasteiger partial charge in [0.1, 0.15) is 5.76 Å². The zero-order valence-electron chi connectivity index (χ0n) is 11.6. The van der Waals surface area contributed by atoms with Crippen LogP contribution in [0.1, 0.15) is 27.4 Å². The van der Waals surface area contributed by atoms with Crippen molar-refractivity contribution >= 4 is 5.91 Å². The number of nitrogens with zero attached hydrogens (tertiary/aromatic N) is 2. The summed E-state index contributed by atoms with van der Waals surface area (Å²) in [6.07, 6.45) is 3.55. The molecule has 6 heteroatoms. The predicted molar refractivity (Wildman–Crippen MR) is 74.5 cm³/mol. The van der Waals surface area contributed by atoms with E-state index in [1.165, 1.54) is 5.56 Å². The Morgan fingerprint density at radius 2 is 2.10 bits per heavy atom. The van der Waals surface area contributed by atoms with Crippen molar-refractivity contribution < 1.29 is 9.21 Å². The first-order chi connectivity index (χ1) is 9.60. The molecule has 0 fully saturated rings. The lowest BCUT2D eigenvalue weighted by Gasteiger charge is -2.15. The van der Waals surface area contributed by atoms with Crippen LogP contribution in [0, 0.1) is 6.92 Å². The Balaban J connectivity index is 2.02. The van der Waals surface area contributed by atoms with Crippen LogP contribution < -0.4 is 11.3 Å². The van der Waals surface area contributed by atoms with Crippen LogP contribution in [0.3, 0.4) is 0 Å². The van der Waals surface area contributed by atoms with Gasteiger partial charge in [-0.2, -0.15) is 0 Å². The molecule has 0 bridgehead atoms. The van der Waals surface area contributed by atoms with Crippen molar-refractivity contribution in [3.63, 3.8) is 0 Å². The van der Waals surface area contributed by atoms with Gasteiger partial charge in [-0.15, -0.1) is 0 Å². The van der Waals surface area contributed by atoms with Gasteiger partial charge in [-0.3, -0.25) is 20.1 Å². The largest absolute Gasteiger partial charge is 0.456 e. The zero-order chi connectivity index (χ0) is 14.5. The Morgan fingerprint density at radius 3 is 2.75 bits per heavy atom. The SMILES string of the molecule is Cc1oc(C(=O)NN)cc1CN(C)Cc1ccncc1. The number of nitrogen functional groups attached to an aromatic ring is 1. The lowest BCUT2D eigenvalue weighted by molar-refractivity contribution is 0.0924. The summed E-state index contributed by atoms with van der Waals surface area (Å²) in [5.74, 6) is 5.63. The smallest absolute Gasteiger partial charge is 0.300 e. The molecule has 6 nitrogen and oxygen atoms in total. The lowest BCUT2D eigenvalue weighted by Crippen LogP contribution is -2.29. The molecule has 0 aliphatic heterocycles. The first kappa shape index (κ1) is 14.2. The fourth-order valence-electron chi connectivity index (χ4n) is 2.01. The first-order valence-corrected chi connectivity index (χ1v) is 6.28. The number of carbonyl (C=O) groups excluding carboxylic acids is 1. The van der Waals surface area contributed by atoms with E-state index in [2.05, 4.69) is 15.3 Å². The van der Waals surface area contributed by atoms with E-state index < -0.39 is 5.91 Å². The van der Waals surface area contributed by atoms with Crippen LogP contribution in [0.5, 0.6) is 0 Å². The maximum Gasteiger partial charge on any atom is 0.300 e. The molecular weight excluding hydrogens is 256 g/mol. The minimum absolute atomic E-state index is 0.234. The van der Waals surface area contributed by atoms with E-state index in [-0.39, 0.29) is 5.76 Å². The molecule has 20 heavy (non-hydrogen) atoms. The van der Waals surface area contributed by atoms with Crippen molar-refractivity contribution in [3.05, 3.63) is 53.2 Å². The second-order valence-corrected chi connectivity index (χ2v) is 4.69. The second-order valence-electron chi connectivity index (χ2n) is 4.69. The molecule has 0 unspecified atom stereocenters. The van der Waals surface area contributed by atoms with Crippen LogP contribution in [0.2, 0.25) is 0 Å². The molecule has 2 heterocycles. The number of furan rings is 1.